The lowest BCUT2D eigenvalue weighted by atomic mass is 10.2. The zero-order chi connectivity index (χ0) is 13.5. The van der Waals surface area contributed by atoms with Gasteiger partial charge >= 0.3 is 7.82 Å². The van der Waals surface area contributed by atoms with E-state index in [1.807, 2.05) is 27.7 Å². The fourth-order valence-electron chi connectivity index (χ4n) is 0.683. The van der Waals surface area contributed by atoms with Crippen molar-refractivity contribution < 1.29 is 18.1 Å². The molecular weight excluding hydrogens is 286 g/mol. The molecule has 0 N–H and O–H groups in total. The minimum absolute atomic E-state index is 0.147. The minimum atomic E-state index is -3.63. The molecule has 0 aliphatic rings. The third-order valence-corrected chi connectivity index (χ3v) is 2.88. The van der Waals surface area contributed by atoms with Gasteiger partial charge in [0, 0.05) is 0 Å². The molecule has 17 heavy (non-hydrogen) atoms. The number of phosphoric acid groups is 1. The van der Waals surface area contributed by atoms with Crippen LogP contribution in [0.25, 0.3) is 0 Å². The first kappa shape index (κ1) is 17.3. The lowest BCUT2D eigenvalue weighted by molar-refractivity contribution is 0.120. The smallest absolute Gasteiger partial charge is 0.409 e. The van der Waals surface area contributed by atoms with Crippen molar-refractivity contribution in [3.8, 4) is 0 Å². The molecular formula is C10H19Cl2O4P. The first-order chi connectivity index (χ1) is 7.75. The Kier molecular flexibility index (Phi) is 8.52. The van der Waals surface area contributed by atoms with E-state index in [2.05, 4.69) is 0 Å². The maximum absolute atomic E-state index is 12.1. The van der Waals surface area contributed by atoms with Gasteiger partial charge in [0.15, 0.2) is 0 Å². The van der Waals surface area contributed by atoms with Crippen molar-refractivity contribution in [2.45, 2.75) is 27.7 Å². The molecule has 0 saturated heterocycles. The second kappa shape index (κ2) is 8.39. The SMILES string of the molecule is CC(C)COP(=O)(OC=C(Cl)Cl)OCC(C)C. The highest BCUT2D eigenvalue weighted by molar-refractivity contribution is 7.48. The van der Waals surface area contributed by atoms with Gasteiger partial charge in [0.1, 0.15) is 10.8 Å². The van der Waals surface area contributed by atoms with Crippen LogP contribution in [0.15, 0.2) is 10.8 Å². The van der Waals surface area contributed by atoms with Crippen molar-refractivity contribution in [2.75, 3.05) is 13.2 Å². The van der Waals surface area contributed by atoms with Gasteiger partial charge in [-0.2, -0.15) is 0 Å². The van der Waals surface area contributed by atoms with Crippen LogP contribution < -0.4 is 0 Å². The topological polar surface area (TPSA) is 44.8 Å². The molecule has 0 atom stereocenters. The number of halogens is 2. The summed E-state index contributed by atoms with van der Waals surface area (Å²) in [7, 11) is -3.63. The van der Waals surface area contributed by atoms with Gasteiger partial charge in [0.05, 0.1) is 13.2 Å². The van der Waals surface area contributed by atoms with Crippen molar-refractivity contribution >= 4 is 31.0 Å². The summed E-state index contributed by atoms with van der Waals surface area (Å²) < 4.78 is 27.1. The summed E-state index contributed by atoms with van der Waals surface area (Å²) in [5.74, 6) is 0.426. The van der Waals surface area contributed by atoms with E-state index in [0.29, 0.717) is 0 Å². The van der Waals surface area contributed by atoms with Crippen LogP contribution in [0.5, 0.6) is 0 Å². The molecule has 0 aliphatic carbocycles. The van der Waals surface area contributed by atoms with Crippen molar-refractivity contribution in [1.29, 1.82) is 0 Å². The quantitative estimate of drug-likeness (QED) is 0.480. The third kappa shape index (κ3) is 9.93. The van der Waals surface area contributed by atoms with E-state index < -0.39 is 7.82 Å². The van der Waals surface area contributed by atoms with Crippen LogP contribution in [-0.2, 0) is 18.1 Å². The molecule has 0 aromatic rings. The fourth-order valence-corrected chi connectivity index (χ4v) is 2.29. The molecule has 0 bridgehead atoms. The number of rotatable bonds is 8. The van der Waals surface area contributed by atoms with Crippen LogP contribution in [-0.4, -0.2) is 13.2 Å². The summed E-state index contributed by atoms with van der Waals surface area (Å²) in [6.07, 6.45) is 0.949. The van der Waals surface area contributed by atoms with Crippen LogP contribution in [0.2, 0.25) is 0 Å². The molecule has 0 aromatic heterocycles. The summed E-state index contributed by atoms with van der Waals surface area (Å²) in [5, 5.41) is 0. The summed E-state index contributed by atoms with van der Waals surface area (Å²) in [4.78, 5) is 0. The first-order valence-electron chi connectivity index (χ1n) is 5.34. The highest BCUT2D eigenvalue weighted by atomic mass is 35.5. The van der Waals surface area contributed by atoms with Gasteiger partial charge in [0.2, 0.25) is 0 Å². The molecule has 0 radical (unpaired) electrons. The first-order valence-corrected chi connectivity index (χ1v) is 7.55. The van der Waals surface area contributed by atoms with Gasteiger partial charge in [-0.3, -0.25) is 9.05 Å². The van der Waals surface area contributed by atoms with Crippen LogP contribution in [0.1, 0.15) is 27.7 Å². The Balaban J connectivity index is 4.45. The second-order valence-corrected chi connectivity index (χ2v) is 6.97. The molecule has 0 rings (SSSR count). The standard InChI is InChI=1S/C10H19Cl2O4P/c1-8(2)5-14-17(13,15-6-9(3)4)16-7-10(11)12/h7-9H,5-6H2,1-4H3. The van der Waals surface area contributed by atoms with E-state index in [1.54, 1.807) is 0 Å². The summed E-state index contributed by atoms with van der Waals surface area (Å²) >= 11 is 10.8. The van der Waals surface area contributed by atoms with E-state index in [4.69, 9.17) is 36.8 Å². The molecule has 0 amide bonds. The molecule has 0 heterocycles. The van der Waals surface area contributed by atoms with Crippen molar-refractivity contribution in [1.82, 2.24) is 0 Å². The van der Waals surface area contributed by atoms with Gasteiger partial charge < -0.3 is 4.52 Å². The fraction of sp³-hybridized carbons (Fsp3) is 0.800. The van der Waals surface area contributed by atoms with E-state index in [9.17, 15) is 4.57 Å². The molecule has 4 nitrogen and oxygen atoms in total. The normalized spacial score (nSPS) is 12.0. The van der Waals surface area contributed by atoms with Gasteiger partial charge in [0.25, 0.3) is 0 Å². The molecule has 0 saturated carbocycles. The zero-order valence-corrected chi connectivity index (χ0v) is 12.9. The van der Waals surface area contributed by atoms with E-state index in [-0.39, 0.29) is 29.5 Å². The Morgan fingerprint density at radius 3 is 1.82 bits per heavy atom. The van der Waals surface area contributed by atoms with Gasteiger partial charge in [-0.15, -0.1) is 0 Å². The van der Waals surface area contributed by atoms with Crippen LogP contribution in [0.4, 0.5) is 0 Å². The summed E-state index contributed by atoms with van der Waals surface area (Å²) in [6, 6.07) is 0. The highest BCUT2D eigenvalue weighted by Crippen LogP contribution is 2.50. The highest BCUT2D eigenvalue weighted by Gasteiger charge is 2.28. The van der Waals surface area contributed by atoms with E-state index in [1.165, 1.54) is 0 Å². The molecule has 0 unspecified atom stereocenters. The maximum Gasteiger partial charge on any atom is 0.529 e. The second-order valence-electron chi connectivity index (χ2n) is 4.34. The largest absolute Gasteiger partial charge is 0.529 e. The molecule has 102 valence electrons. The molecule has 0 fully saturated rings. The lowest BCUT2D eigenvalue weighted by Gasteiger charge is -2.18. The average Bonchev–Trinajstić information content (AvgIpc) is 2.21. The van der Waals surface area contributed by atoms with Crippen LogP contribution >= 0.6 is 31.0 Å². The summed E-state index contributed by atoms with van der Waals surface area (Å²) in [6.45, 7) is 8.24. The number of hydrogen-bond acceptors (Lipinski definition) is 4. The van der Waals surface area contributed by atoms with E-state index in [0.717, 1.165) is 6.26 Å². The number of phosphoric ester groups is 1. The molecule has 0 aliphatic heterocycles. The average molecular weight is 305 g/mol. The maximum atomic E-state index is 12.1. The lowest BCUT2D eigenvalue weighted by Crippen LogP contribution is -2.07. The van der Waals surface area contributed by atoms with Crippen molar-refractivity contribution in [3.63, 3.8) is 0 Å². The Morgan fingerprint density at radius 1 is 1.12 bits per heavy atom. The zero-order valence-electron chi connectivity index (χ0n) is 10.5. The van der Waals surface area contributed by atoms with Crippen LogP contribution in [0.3, 0.4) is 0 Å². The molecule has 0 aromatic carbocycles. The molecule has 0 spiro atoms. The Bertz CT molecular complexity index is 272. The number of hydrogen-bond donors (Lipinski definition) is 0. The Hall–Kier alpha value is 0.270. The van der Waals surface area contributed by atoms with Crippen molar-refractivity contribution in [3.05, 3.63) is 10.8 Å². The Labute approximate surface area is 113 Å². The monoisotopic (exact) mass is 304 g/mol. The van der Waals surface area contributed by atoms with Gasteiger partial charge in [-0.25, -0.2) is 4.57 Å². The molecule has 7 heteroatoms. The predicted molar refractivity (Wildman–Crippen MR) is 70.1 cm³/mol. The predicted octanol–water partition coefficient (Wildman–Crippen LogP) is 4.73. The van der Waals surface area contributed by atoms with E-state index >= 15 is 0 Å². The minimum Gasteiger partial charge on any atom is -0.409 e. The third-order valence-electron chi connectivity index (χ3n) is 1.40. The van der Waals surface area contributed by atoms with Gasteiger partial charge in [-0.05, 0) is 11.8 Å². The Morgan fingerprint density at radius 2 is 1.53 bits per heavy atom. The van der Waals surface area contributed by atoms with Crippen LogP contribution in [0, 0.1) is 11.8 Å². The van der Waals surface area contributed by atoms with Crippen molar-refractivity contribution in [2.24, 2.45) is 11.8 Å². The van der Waals surface area contributed by atoms with Gasteiger partial charge in [-0.1, -0.05) is 50.9 Å². The summed E-state index contributed by atoms with van der Waals surface area (Å²) in [5.41, 5.74) is 0.